The molecule has 102 valence electrons. The molecule has 0 bridgehead atoms. The molecule has 3 unspecified atom stereocenters. The molecule has 1 aromatic rings. The summed E-state index contributed by atoms with van der Waals surface area (Å²) >= 11 is 0. The highest BCUT2D eigenvalue weighted by Crippen LogP contribution is 2.33. The number of hydrogen-bond donors (Lipinski definition) is 1. The lowest BCUT2D eigenvalue weighted by atomic mass is 9.74. The SMILES string of the molecule is CC1CCC(C(C)C)C(NCc2ccnn2C)C1. The second-order valence-corrected chi connectivity index (χ2v) is 6.26. The van der Waals surface area contributed by atoms with Crippen molar-refractivity contribution in [1.82, 2.24) is 15.1 Å². The van der Waals surface area contributed by atoms with Crippen molar-refractivity contribution in [3.63, 3.8) is 0 Å². The van der Waals surface area contributed by atoms with Gasteiger partial charge in [-0.25, -0.2) is 0 Å². The van der Waals surface area contributed by atoms with E-state index in [2.05, 4.69) is 37.3 Å². The average molecular weight is 249 g/mol. The Balaban J connectivity index is 1.94. The van der Waals surface area contributed by atoms with E-state index in [9.17, 15) is 0 Å². The van der Waals surface area contributed by atoms with E-state index in [0.717, 1.165) is 24.3 Å². The molecule has 18 heavy (non-hydrogen) atoms. The van der Waals surface area contributed by atoms with Crippen molar-refractivity contribution in [3.05, 3.63) is 18.0 Å². The first kappa shape index (κ1) is 13.6. The van der Waals surface area contributed by atoms with Crippen molar-refractivity contribution in [2.24, 2.45) is 24.8 Å². The minimum absolute atomic E-state index is 0.670. The van der Waals surface area contributed by atoms with Gasteiger partial charge < -0.3 is 5.32 Å². The van der Waals surface area contributed by atoms with Crippen LogP contribution >= 0.6 is 0 Å². The highest BCUT2D eigenvalue weighted by atomic mass is 15.3. The fraction of sp³-hybridized carbons (Fsp3) is 0.800. The maximum Gasteiger partial charge on any atom is 0.0518 e. The molecule has 0 spiro atoms. The molecule has 0 aromatic carbocycles. The van der Waals surface area contributed by atoms with Crippen LogP contribution in [0.1, 0.15) is 45.7 Å². The van der Waals surface area contributed by atoms with Gasteiger partial charge in [0.05, 0.1) is 5.69 Å². The van der Waals surface area contributed by atoms with Crippen LogP contribution in [0.3, 0.4) is 0 Å². The lowest BCUT2D eigenvalue weighted by Crippen LogP contribution is -2.42. The number of hydrogen-bond acceptors (Lipinski definition) is 2. The Bertz CT molecular complexity index is 370. The van der Waals surface area contributed by atoms with Gasteiger partial charge in [0.1, 0.15) is 0 Å². The van der Waals surface area contributed by atoms with Gasteiger partial charge in [-0.2, -0.15) is 5.10 Å². The highest BCUT2D eigenvalue weighted by molar-refractivity contribution is 5.00. The zero-order chi connectivity index (χ0) is 13.1. The van der Waals surface area contributed by atoms with Crippen molar-refractivity contribution in [3.8, 4) is 0 Å². The Morgan fingerprint density at radius 2 is 2.22 bits per heavy atom. The number of aromatic nitrogens is 2. The predicted molar refractivity (Wildman–Crippen MR) is 75.2 cm³/mol. The number of nitrogens with zero attached hydrogens (tertiary/aromatic N) is 2. The summed E-state index contributed by atoms with van der Waals surface area (Å²) in [5, 5.41) is 7.99. The van der Waals surface area contributed by atoms with Crippen LogP contribution in [0, 0.1) is 17.8 Å². The minimum atomic E-state index is 0.670. The third-order valence-corrected chi connectivity index (χ3v) is 4.49. The third-order valence-electron chi connectivity index (χ3n) is 4.49. The fourth-order valence-corrected chi connectivity index (χ4v) is 3.25. The van der Waals surface area contributed by atoms with Gasteiger partial charge in [0.25, 0.3) is 0 Å². The second-order valence-electron chi connectivity index (χ2n) is 6.26. The molecule has 3 nitrogen and oxygen atoms in total. The van der Waals surface area contributed by atoms with Crippen LogP contribution in [0.15, 0.2) is 12.3 Å². The van der Waals surface area contributed by atoms with Crippen molar-refractivity contribution >= 4 is 0 Å². The van der Waals surface area contributed by atoms with Gasteiger partial charge in [0.2, 0.25) is 0 Å². The van der Waals surface area contributed by atoms with Crippen LogP contribution in [0.2, 0.25) is 0 Å². The normalized spacial score (nSPS) is 28.8. The summed E-state index contributed by atoms with van der Waals surface area (Å²) in [4.78, 5) is 0. The minimum Gasteiger partial charge on any atom is -0.308 e. The first-order valence-corrected chi connectivity index (χ1v) is 7.28. The van der Waals surface area contributed by atoms with E-state index in [-0.39, 0.29) is 0 Å². The Morgan fingerprint density at radius 1 is 1.44 bits per heavy atom. The Morgan fingerprint density at radius 3 is 2.83 bits per heavy atom. The summed E-state index contributed by atoms with van der Waals surface area (Å²) in [5.74, 6) is 2.47. The van der Waals surface area contributed by atoms with Gasteiger partial charge >= 0.3 is 0 Å². The van der Waals surface area contributed by atoms with Gasteiger partial charge in [-0.3, -0.25) is 4.68 Å². The molecule has 0 amide bonds. The van der Waals surface area contributed by atoms with Crippen LogP contribution in [0.5, 0.6) is 0 Å². The van der Waals surface area contributed by atoms with Crippen LogP contribution in [0.25, 0.3) is 0 Å². The quantitative estimate of drug-likeness (QED) is 0.889. The first-order chi connectivity index (χ1) is 8.58. The molecule has 0 radical (unpaired) electrons. The molecule has 0 aliphatic heterocycles. The molecule has 1 heterocycles. The lowest BCUT2D eigenvalue weighted by molar-refractivity contribution is 0.168. The van der Waals surface area contributed by atoms with Gasteiger partial charge in [0, 0.05) is 25.8 Å². The van der Waals surface area contributed by atoms with Crippen LogP contribution < -0.4 is 5.32 Å². The maximum absolute atomic E-state index is 4.23. The van der Waals surface area contributed by atoms with Crippen LogP contribution in [-0.2, 0) is 13.6 Å². The van der Waals surface area contributed by atoms with E-state index in [1.807, 2.05) is 17.9 Å². The Hall–Kier alpha value is -0.830. The molecule has 1 fully saturated rings. The van der Waals surface area contributed by atoms with Gasteiger partial charge in [-0.1, -0.05) is 27.2 Å². The van der Waals surface area contributed by atoms with Crippen molar-refractivity contribution in [2.75, 3.05) is 0 Å². The van der Waals surface area contributed by atoms with E-state index in [1.54, 1.807) is 0 Å². The molecular formula is C15H27N3. The van der Waals surface area contributed by atoms with Gasteiger partial charge in [-0.05, 0) is 36.7 Å². The number of aryl methyl sites for hydroxylation is 1. The largest absolute Gasteiger partial charge is 0.308 e. The standard InChI is InChI=1S/C15H27N3/c1-11(2)14-6-5-12(3)9-15(14)16-10-13-7-8-17-18(13)4/h7-8,11-12,14-16H,5-6,9-10H2,1-4H3. The van der Waals surface area contributed by atoms with E-state index in [4.69, 9.17) is 0 Å². The van der Waals surface area contributed by atoms with E-state index in [1.165, 1.54) is 25.0 Å². The molecule has 0 saturated heterocycles. The fourth-order valence-electron chi connectivity index (χ4n) is 3.25. The molecule has 1 aliphatic carbocycles. The monoisotopic (exact) mass is 249 g/mol. The summed E-state index contributed by atoms with van der Waals surface area (Å²) in [6.07, 6.45) is 5.97. The van der Waals surface area contributed by atoms with Gasteiger partial charge in [-0.15, -0.1) is 0 Å². The average Bonchev–Trinajstić information content (AvgIpc) is 2.72. The molecular weight excluding hydrogens is 222 g/mol. The molecule has 2 rings (SSSR count). The summed E-state index contributed by atoms with van der Waals surface area (Å²) in [7, 11) is 2.01. The van der Waals surface area contributed by atoms with Gasteiger partial charge in [0.15, 0.2) is 0 Å². The Kier molecular flexibility index (Phi) is 4.44. The number of rotatable bonds is 4. The molecule has 1 N–H and O–H groups in total. The lowest BCUT2D eigenvalue weighted by Gasteiger charge is -2.38. The molecule has 3 atom stereocenters. The molecule has 1 aromatic heterocycles. The zero-order valence-corrected chi connectivity index (χ0v) is 12.2. The Labute approximate surface area is 111 Å². The van der Waals surface area contributed by atoms with Crippen molar-refractivity contribution in [1.29, 1.82) is 0 Å². The summed E-state index contributed by atoms with van der Waals surface area (Å²) in [6, 6.07) is 2.77. The first-order valence-electron chi connectivity index (χ1n) is 7.28. The molecule has 1 saturated carbocycles. The summed E-state index contributed by atoms with van der Waals surface area (Å²) in [6.45, 7) is 8.05. The molecule has 3 heteroatoms. The van der Waals surface area contributed by atoms with Crippen molar-refractivity contribution < 1.29 is 0 Å². The van der Waals surface area contributed by atoms with Crippen LogP contribution in [-0.4, -0.2) is 15.8 Å². The van der Waals surface area contributed by atoms with Crippen molar-refractivity contribution in [2.45, 2.75) is 52.6 Å². The number of nitrogens with one attached hydrogen (secondary N) is 1. The van der Waals surface area contributed by atoms with Crippen LogP contribution in [0.4, 0.5) is 0 Å². The van der Waals surface area contributed by atoms with E-state index < -0.39 is 0 Å². The molecule has 1 aliphatic rings. The zero-order valence-electron chi connectivity index (χ0n) is 12.2. The smallest absolute Gasteiger partial charge is 0.0518 e. The summed E-state index contributed by atoms with van der Waals surface area (Å²) < 4.78 is 1.96. The third kappa shape index (κ3) is 3.14. The predicted octanol–water partition coefficient (Wildman–Crippen LogP) is 2.97. The van der Waals surface area contributed by atoms with E-state index in [0.29, 0.717) is 6.04 Å². The summed E-state index contributed by atoms with van der Waals surface area (Å²) in [5.41, 5.74) is 1.27. The topological polar surface area (TPSA) is 29.9 Å². The van der Waals surface area contributed by atoms with E-state index >= 15 is 0 Å². The highest BCUT2D eigenvalue weighted by Gasteiger charge is 2.30. The second kappa shape index (κ2) is 5.87. The maximum atomic E-state index is 4.23.